The van der Waals surface area contributed by atoms with E-state index >= 15 is 0 Å². The van der Waals surface area contributed by atoms with Gasteiger partial charge in [0.15, 0.2) is 0 Å². The highest BCUT2D eigenvalue weighted by atomic mass is 14.0. The van der Waals surface area contributed by atoms with E-state index in [0.717, 1.165) is 11.1 Å². The quantitative estimate of drug-likeness (QED) is 0.142. The Morgan fingerprint density at radius 1 is 0.141 bits per heavy atom. The number of rotatable bonds is 0. The molecule has 0 unspecified atom stereocenters. The van der Waals surface area contributed by atoms with Crippen molar-refractivity contribution >= 4 is 0 Å². The maximum atomic E-state index is 7.10. The number of aryl methyl sites for hydroxylation is 24. The highest BCUT2D eigenvalue weighted by molar-refractivity contribution is 5.37. The van der Waals surface area contributed by atoms with E-state index in [1.807, 2.05) is 50.2 Å². The van der Waals surface area contributed by atoms with Crippen LogP contribution >= 0.6 is 0 Å². The number of benzene rings is 11. The molecule has 0 saturated heterocycles. The smallest absolute Gasteiger partial charge is 0.0280 e. The van der Waals surface area contributed by atoms with E-state index in [1.165, 1.54) is 122 Å². The molecule has 0 N–H and O–H groups in total. The van der Waals surface area contributed by atoms with E-state index in [0.29, 0.717) is 11.1 Å². The molecule has 0 heterocycles. The van der Waals surface area contributed by atoms with Crippen LogP contribution in [0.2, 0.25) is 0 Å². The average Bonchev–Trinajstić information content (AvgIpc) is 0.919. The summed E-state index contributed by atoms with van der Waals surface area (Å²) in [7, 11) is 0. The van der Waals surface area contributed by atoms with E-state index in [-0.39, 0.29) is 0 Å². The summed E-state index contributed by atoms with van der Waals surface area (Å²) in [6, 6.07) is 81.7. The molecule has 0 aliphatic rings. The maximum absolute atomic E-state index is 7.10. The van der Waals surface area contributed by atoms with Crippen molar-refractivity contribution in [3.8, 4) is 0 Å². The highest BCUT2D eigenvalue weighted by Gasteiger charge is 1.97. The normalized spacial score (nSPS) is 10.7. The van der Waals surface area contributed by atoms with Gasteiger partial charge in [0.05, 0.1) is 0 Å². The van der Waals surface area contributed by atoms with Crippen LogP contribution in [0.25, 0.3) is 0 Å². The van der Waals surface area contributed by atoms with Crippen molar-refractivity contribution in [1.82, 2.24) is 0 Å². The minimum absolute atomic E-state index is 0.406. The van der Waals surface area contributed by atoms with Crippen LogP contribution in [0, 0.1) is 180 Å². The predicted octanol–water partition coefficient (Wildman–Crippen LogP) is 26.6. The van der Waals surface area contributed by atoms with Gasteiger partial charge >= 0.3 is 0 Å². The van der Waals surface area contributed by atoms with Crippen LogP contribution in [0.4, 0.5) is 0 Å². The summed E-state index contributed by atoms with van der Waals surface area (Å²) in [5.74, 6) is 0. The zero-order chi connectivity index (χ0) is 74.3. The van der Waals surface area contributed by atoms with E-state index in [1.54, 1.807) is 30.3 Å². The summed E-state index contributed by atoms with van der Waals surface area (Å²) in [4.78, 5) is 0. The first-order valence-corrected chi connectivity index (χ1v) is 32.2. The average molecular weight is 1230 g/mol. The van der Waals surface area contributed by atoms with Crippen molar-refractivity contribution < 1.29 is 8.22 Å². The van der Waals surface area contributed by atoms with E-state index in [4.69, 9.17) is 8.22 Å². The van der Waals surface area contributed by atoms with Gasteiger partial charge in [0, 0.05) is 8.22 Å². The second-order valence-corrected chi connectivity index (χ2v) is 24.7. The monoisotopic (exact) mass is 1230 g/mol. The van der Waals surface area contributed by atoms with Gasteiger partial charge in [-0.3, -0.25) is 0 Å². The Kier molecular flexibility index (Phi) is 35.2. The van der Waals surface area contributed by atoms with Crippen molar-refractivity contribution in [3.05, 3.63) is 387 Å². The Morgan fingerprint density at radius 2 is 0.359 bits per heavy atom. The molecule has 0 spiro atoms. The molecule has 11 rings (SSSR count). The second-order valence-electron chi connectivity index (χ2n) is 24.7. The zero-order valence-corrected chi connectivity index (χ0v) is 61.1. The van der Waals surface area contributed by atoms with E-state index in [9.17, 15) is 0 Å². The minimum Gasteiger partial charge on any atom is -0.0622 e. The fourth-order valence-corrected chi connectivity index (χ4v) is 8.75. The largest absolute Gasteiger partial charge is 0.0622 e. The highest BCUT2D eigenvalue weighted by Crippen LogP contribution is 2.15. The Balaban J connectivity index is 0.000000540. The fraction of sp³-hybridized carbons (Fsp3) is 0.283. The third-order valence-electron chi connectivity index (χ3n) is 15.2. The van der Waals surface area contributed by atoms with Gasteiger partial charge in [-0.2, -0.15) is 0 Å². The van der Waals surface area contributed by atoms with Crippen LogP contribution in [0.3, 0.4) is 0 Å². The molecule has 0 saturated carbocycles. The van der Waals surface area contributed by atoms with Gasteiger partial charge in [-0.15, -0.1) is 0 Å². The van der Waals surface area contributed by atoms with Crippen LogP contribution in [0.15, 0.2) is 243 Å². The Labute approximate surface area is 572 Å². The molecule has 0 nitrogen and oxygen atoms in total. The van der Waals surface area contributed by atoms with Gasteiger partial charge in [-0.25, -0.2) is 0 Å². The fourth-order valence-electron chi connectivity index (χ4n) is 8.75. The Hall–Kier alpha value is -8.58. The van der Waals surface area contributed by atoms with Crippen molar-refractivity contribution in [3.63, 3.8) is 0 Å². The first kappa shape index (κ1) is 70.9. The SMILES string of the molecule is Cc1cc(C)c(C)c(C)c1.Cc1cc(C)cc(C)c1.Cc1ccc(C)c(C)c1.Cc1ccc(C)cc1.Cc1cccc(C)c1.Cc1cccc(C)c1C.Cc1ccccc1.Cc1ccccc1C.Cc1ccccc1C.[2H]C([2H])([2H])c1ccc(C)cc1.[2H]C([2H])([2H])c1cccc(C)c1. The first-order valence-electron chi connectivity index (χ1n) is 35.2. The molecule has 0 radical (unpaired) electrons. The molecule has 0 bridgehead atoms. The second kappa shape index (κ2) is 45.6. The number of hydrogen-bond donors (Lipinski definition) is 0. The summed E-state index contributed by atoms with van der Waals surface area (Å²) in [5.41, 5.74) is 32.9. The molecule has 0 aromatic heterocycles. The lowest BCUT2D eigenvalue weighted by Crippen LogP contribution is -1.86. The third-order valence-corrected chi connectivity index (χ3v) is 15.2. The summed E-state index contributed by atoms with van der Waals surface area (Å²) in [6.45, 7) is 46.7. The maximum Gasteiger partial charge on any atom is 0.0280 e. The molecule has 0 atom stereocenters. The summed E-state index contributed by atoms with van der Waals surface area (Å²) < 4.78 is 42.5. The standard InChI is InChI=1S/C10H14.3C9H12.6C8H10.C7H8/c1-7-5-8(2)10(4)9(3)6-7;1-7-4-8(2)6-9(3)5-7;1-7-4-5-8(2)9(3)6-7;1-7-5-4-6-8(2)9(7)3;2*1-7-3-5-8(2)6-4-7;2*1-7-4-3-5-8(2)6-7;2*1-7-5-3-4-6-8(7)2;1-7-5-3-2-4-6-7/h5-6H,1-4H3;3*4-6H,1-3H3;6*3-6H,1-2H3;2-6H,1H3/i;;;;1D3;;1D3;;;;. The minimum atomic E-state index is -1.97. The molecule has 0 fully saturated rings. The van der Waals surface area contributed by atoms with Crippen LogP contribution in [0.5, 0.6) is 0 Å². The topological polar surface area (TPSA) is 0 Å². The summed E-state index contributed by atoms with van der Waals surface area (Å²) in [5, 5.41) is 0. The van der Waals surface area contributed by atoms with Gasteiger partial charge in [0.1, 0.15) is 0 Å². The molecule has 0 aliphatic heterocycles. The Bertz CT molecular complexity index is 3800. The van der Waals surface area contributed by atoms with Crippen molar-refractivity contribution in [2.45, 2.75) is 180 Å². The lowest BCUT2D eigenvalue weighted by atomic mass is 10.0. The molecular weight excluding hydrogens is 1110 g/mol. The summed E-state index contributed by atoms with van der Waals surface area (Å²) >= 11 is 0. The molecule has 0 aliphatic carbocycles. The lowest BCUT2D eigenvalue weighted by Gasteiger charge is -2.04. The van der Waals surface area contributed by atoms with Crippen molar-refractivity contribution in [2.75, 3.05) is 0 Å². The number of hydrogen-bond acceptors (Lipinski definition) is 0. The van der Waals surface area contributed by atoms with Gasteiger partial charge in [0.25, 0.3) is 0 Å². The molecule has 11 aromatic rings. The van der Waals surface area contributed by atoms with E-state index < -0.39 is 13.7 Å². The third kappa shape index (κ3) is 38.9. The first-order chi connectivity index (χ1) is 45.8. The zero-order valence-electron chi connectivity index (χ0n) is 67.1. The summed E-state index contributed by atoms with van der Waals surface area (Å²) in [6.07, 6.45) is 0. The lowest BCUT2D eigenvalue weighted by molar-refractivity contribution is 1.23. The van der Waals surface area contributed by atoms with Crippen LogP contribution in [-0.4, -0.2) is 0 Å². The van der Waals surface area contributed by atoms with Gasteiger partial charge < -0.3 is 0 Å². The van der Waals surface area contributed by atoms with Crippen molar-refractivity contribution in [2.24, 2.45) is 0 Å². The van der Waals surface area contributed by atoms with E-state index in [2.05, 4.69) is 328 Å². The van der Waals surface area contributed by atoms with Crippen LogP contribution < -0.4 is 0 Å². The van der Waals surface area contributed by atoms with Crippen LogP contribution in [-0.2, 0) is 0 Å². The Morgan fingerprint density at radius 3 is 0.630 bits per heavy atom. The van der Waals surface area contributed by atoms with Gasteiger partial charge in [-0.05, 0) is 247 Å². The molecule has 0 heteroatoms. The van der Waals surface area contributed by atoms with Gasteiger partial charge in [-0.1, -0.05) is 321 Å². The molecular formula is C92H118. The van der Waals surface area contributed by atoms with Crippen LogP contribution in [0.1, 0.15) is 153 Å². The molecule has 0 amide bonds. The molecule has 11 aromatic carbocycles. The van der Waals surface area contributed by atoms with Crippen molar-refractivity contribution in [1.29, 1.82) is 0 Å². The predicted molar refractivity (Wildman–Crippen MR) is 414 cm³/mol. The molecule has 486 valence electrons. The van der Waals surface area contributed by atoms with Gasteiger partial charge in [0.2, 0.25) is 0 Å². The molecule has 92 heavy (non-hydrogen) atoms.